The highest BCUT2D eigenvalue weighted by atomic mass is 16.5. The van der Waals surface area contributed by atoms with Crippen LogP contribution in [0, 0.1) is 11.8 Å². The molecule has 1 aliphatic carbocycles. The summed E-state index contributed by atoms with van der Waals surface area (Å²) in [5, 5.41) is 6.16. The van der Waals surface area contributed by atoms with E-state index in [-0.39, 0.29) is 12.5 Å². The third-order valence-electron chi connectivity index (χ3n) is 4.27. The second-order valence-electron chi connectivity index (χ2n) is 6.14. The third kappa shape index (κ3) is 4.66. The van der Waals surface area contributed by atoms with E-state index in [0.29, 0.717) is 12.0 Å². The lowest BCUT2D eigenvalue weighted by molar-refractivity contribution is -0.122. The highest BCUT2D eigenvalue weighted by molar-refractivity contribution is 5.77. The highest BCUT2D eigenvalue weighted by Crippen LogP contribution is 2.31. The zero-order valence-electron chi connectivity index (χ0n) is 13.2. The third-order valence-corrected chi connectivity index (χ3v) is 4.27. The van der Waals surface area contributed by atoms with Crippen molar-refractivity contribution >= 4 is 11.6 Å². The van der Waals surface area contributed by atoms with Crippen LogP contribution >= 0.6 is 0 Å². The molecule has 0 bridgehead atoms. The average Bonchev–Trinajstić information content (AvgIpc) is 2.48. The van der Waals surface area contributed by atoms with E-state index in [1.54, 1.807) is 7.05 Å². The van der Waals surface area contributed by atoms with Crippen LogP contribution in [0.1, 0.15) is 33.1 Å². The Morgan fingerprint density at radius 3 is 2.86 bits per heavy atom. The van der Waals surface area contributed by atoms with Crippen LogP contribution in [0.15, 0.2) is 24.3 Å². The number of ether oxygens (including phenoxy) is 1. The molecule has 0 aliphatic heterocycles. The minimum absolute atomic E-state index is 0.0529. The SMILES string of the molecule is CNC(=O)COc1cccc(NC2CCC(C)CC2C)c1. The fraction of sp³-hybridized carbons (Fsp3) is 0.588. The summed E-state index contributed by atoms with van der Waals surface area (Å²) < 4.78 is 5.48. The van der Waals surface area contributed by atoms with Crippen molar-refractivity contribution in [1.29, 1.82) is 0 Å². The van der Waals surface area contributed by atoms with E-state index in [1.807, 2.05) is 18.2 Å². The molecule has 1 aromatic carbocycles. The van der Waals surface area contributed by atoms with Crippen molar-refractivity contribution in [3.8, 4) is 5.75 Å². The molecule has 3 atom stereocenters. The number of benzene rings is 1. The van der Waals surface area contributed by atoms with Gasteiger partial charge in [0.25, 0.3) is 5.91 Å². The summed E-state index contributed by atoms with van der Waals surface area (Å²) in [6.07, 6.45) is 3.78. The predicted molar refractivity (Wildman–Crippen MR) is 85.6 cm³/mol. The molecule has 1 aliphatic rings. The standard InChI is InChI=1S/C17H26N2O2/c1-12-7-8-16(13(2)9-12)19-14-5-4-6-15(10-14)21-11-17(20)18-3/h4-6,10,12-13,16,19H,7-9,11H2,1-3H3,(H,18,20). The molecule has 2 N–H and O–H groups in total. The van der Waals surface area contributed by atoms with Crippen molar-refractivity contribution < 1.29 is 9.53 Å². The number of hydrogen-bond donors (Lipinski definition) is 2. The van der Waals surface area contributed by atoms with Crippen LogP contribution in [-0.4, -0.2) is 25.6 Å². The van der Waals surface area contributed by atoms with E-state index in [2.05, 4.69) is 30.5 Å². The Morgan fingerprint density at radius 1 is 1.33 bits per heavy atom. The molecule has 3 unspecified atom stereocenters. The van der Waals surface area contributed by atoms with Gasteiger partial charge in [-0.15, -0.1) is 0 Å². The van der Waals surface area contributed by atoms with E-state index in [1.165, 1.54) is 19.3 Å². The van der Waals surface area contributed by atoms with Crippen molar-refractivity contribution in [3.63, 3.8) is 0 Å². The van der Waals surface area contributed by atoms with Crippen molar-refractivity contribution in [3.05, 3.63) is 24.3 Å². The molecule has 0 saturated heterocycles. The second kappa shape index (κ2) is 7.34. The quantitative estimate of drug-likeness (QED) is 0.876. The molecule has 116 valence electrons. The zero-order chi connectivity index (χ0) is 15.2. The van der Waals surface area contributed by atoms with E-state index in [4.69, 9.17) is 4.74 Å². The molecular weight excluding hydrogens is 264 g/mol. The Balaban J connectivity index is 1.93. The molecule has 4 nitrogen and oxygen atoms in total. The van der Waals surface area contributed by atoms with Gasteiger partial charge in [-0.3, -0.25) is 4.79 Å². The Bertz CT molecular complexity index is 476. The molecule has 21 heavy (non-hydrogen) atoms. The van der Waals surface area contributed by atoms with Crippen LogP contribution in [0.2, 0.25) is 0 Å². The molecule has 2 rings (SSSR count). The monoisotopic (exact) mass is 290 g/mol. The van der Waals surface area contributed by atoms with Crippen LogP contribution in [0.3, 0.4) is 0 Å². The Hall–Kier alpha value is -1.71. The number of carbonyl (C=O) groups is 1. The molecule has 1 fully saturated rings. The molecule has 1 amide bonds. The minimum Gasteiger partial charge on any atom is -0.484 e. The Kier molecular flexibility index (Phi) is 5.48. The summed E-state index contributed by atoms with van der Waals surface area (Å²) in [5.74, 6) is 2.12. The number of likely N-dealkylation sites (N-methyl/N-ethyl adjacent to an activating group) is 1. The molecule has 0 aromatic heterocycles. The van der Waals surface area contributed by atoms with Gasteiger partial charge in [0.15, 0.2) is 6.61 Å². The van der Waals surface area contributed by atoms with E-state index < -0.39 is 0 Å². The predicted octanol–water partition coefficient (Wildman–Crippen LogP) is 3.05. The first-order chi connectivity index (χ1) is 10.1. The van der Waals surface area contributed by atoms with Crippen LogP contribution in [0.5, 0.6) is 5.75 Å². The summed E-state index contributed by atoms with van der Waals surface area (Å²) in [6, 6.07) is 8.37. The van der Waals surface area contributed by atoms with E-state index in [9.17, 15) is 4.79 Å². The van der Waals surface area contributed by atoms with Crippen molar-refractivity contribution in [2.45, 2.75) is 39.2 Å². The Morgan fingerprint density at radius 2 is 2.14 bits per heavy atom. The number of rotatable bonds is 5. The highest BCUT2D eigenvalue weighted by Gasteiger charge is 2.25. The molecule has 0 spiro atoms. The van der Waals surface area contributed by atoms with Gasteiger partial charge in [0.1, 0.15) is 5.75 Å². The van der Waals surface area contributed by atoms with Gasteiger partial charge in [-0.05, 0) is 43.2 Å². The first kappa shape index (κ1) is 15.7. The van der Waals surface area contributed by atoms with Gasteiger partial charge in [-0.2, -0.15) is 0 Å². The number of hydrogen-bond acceptors (Lipinski definition) is 3. The molecule has 4 heteroatoms. The molecule has 1 saturated carbocycles. The summed E-state index contributed by atoms with van der Waals surface area (Å²) in [7, 11) is 1.61. The summed E-state index contributed by atoms with van der Waals surface area (Å²) in [4.78, 5) is 11.2. The summed E-state index contributed by atoms with van der Waals surface area (Å²) >= 11 is 0. The van der Waals surface area contributed by atoms with Gasteiger partial charge in [-0.25, -0.2) is 0 Å². The van der Waals surface area contributed by atoms with Gasteiger partial charge >= 0.3 is 0 Å². The van der Waals surface area contributed by atoms with Crippen molar-refractivity contribution in [2.75, 3.05) is 19.0 Å². The van der Waals surface area contributed by atoms with Crippen LogP contribution in [0.4, 0.5) is 5.69 Å². The molecule has 1 aromatic rings. The van der Waals surface area contributed by atoms with Crippen LogP contribution in [0.25, 0.3) is 0 Å². The second-order valence-corrected chi connectivity index (χ2v) is 6.14. The minimum atomic E-state index is -0.122. The van der Waals surface area contributed by atoms with Gasteiger partial charge in [0, 0.05) is 24.8 Å². The Labute approximate surface area is 127 Å². The topological polar surface area (TPSA) is 50.4 Å². The van der Waals surface area contributed by atoms with Crippen molar-refractivity contribution in [2.24, 2.45) is 11.8 Å². The van der Waals surface area contributed by atoms with Gasteiger partial charge in [0.05, 0.1) is 0 Å². The maximum atomic E-state index is 11.2. The average molecular weight is 290 g/mol. The first-order valence-electron chi connectivity index (χ1n) is 7.78. The maximum absolute atomic E-state index is 11.2. The normalized spacial score (nSPS) is 25.2. The summed E-state index contributed by atoms with van der Waals surface area (Å²) in [5.41, 5.74) is 1.07. The lowest BCUT2D eigenvalue weighted by Gasteiger charge is -2.33. The number of carbonyl (C=O) groups excluding carboxylic acids is 1. The molecule has 0 radical (unpaired) electrons. The van der Waals surface area contributed by atoms with Gasteiger partial charge in [0.2, 0.25) is 0 Å². The molecular formula is C17H26N2O2. The largest absolute Gasteiger partial charge is 0.484 e. The fourth-order valence-corrected chi connectivity index (χ4v) is 2.99. The summed E-state index contributed by atoms with van der Waals surface area (Å²) in [6.45, 7) is 4.70. The lowest BCUT2D eigenvalue weighted by atomic mass is 9.80. The lowest BCUT2D eigenvalue weighted by Crippen LogP contribution is -2.33. The molecule has 0 heterocycles. The van der Waals surface area contributed by atoms with Gasteiger partial charge in [-0.1, -0.05) is 19.9 Å². The fourth-order valence-electron chi connectivity index (χ4n) is 2.99. The number of nitrogens with one attached hydrogen (secondary N) is 2. The van der Waals surface area contributed by atoms with Gasteiger partial charge < -0.3 is 15.4 Å². The first-order valence-corrected chi connectivity index (χ1v) is 7.78. The number of anilines is 1. The van der Waals surface area contributed by atoms with Crippen LogP contribution in [-0.2, 0) is 4.79 Å². The number of amides is 1. The zero-order valence-corrected chi connectivity index (χ0v) is 13.2. The van der Waals surface area contributed by atoms with Crippen LogP contribution < -0.4 is 15.4 Å². The van der Waals surface area contributed by atoms with E-state index in [0.717, 1.165) is 17.4 Å². The maximum Gasteiger partial charge on any atom is 0.257 e. The van der Waals surface area contributed by atoms with Crippen molar-refractivity contribution in [1.82, 2.24) is 5.32 Å². The smallest absolute Gasteiger partial charge is 0.257 e. The van der Waals surface area contributed by atoms with E-state index >= 15 is 0 Å².